The number of alkyl carbamates (subject to hydrolysis) is 2. The molecule has 17 N–H and O–H groups in total. The van der Waals surface area contributed by atoms with Crippen molar-refractivity contribution in [3.8, 4) is 5.75 Å². The lowest BCUT2D eigenvalue weighted by Gasteiger charge is -2.56. The molecule has 38 nitrogen and oxygen atoms in total. The van der Waals surface area contributed by atoms with E-state index in [1.54, 1.807) is 50.2 Å². The summed E-state index contributed by atoms with van der Waals surface area (Å²) in [5.74, 6) is -2.80. The van der Waals surface area contributed by atoms with Crippen LogP contribution in [-0.2, 0) is 126 Å². The van der Waals surface area contributed by atoms with Gasteiger partial charge in [0.05, 0.1) is 176 Å². The van der Waals surface area contributed by atoms with E-state index >= 15 is 0 Å². The number of allylic oxidation sites excluding steroid dienone is 3. The van der Waals surface area contributed by atoms with Crippen LogP contribution in [0.4, 0.5) is 21.0 Å². The van der Waals surface area contributed by atoms with Gasteiger partial charge in [-0.15, -0.1) is 0 Å². The maximum absolute atomic E-state index is 14.9. The molecule has 0 saturated heterocycles. The number of nitrogens with one attached hydrogen (secondary N) is 11. The first-order valence-corrected chi connectivity index (χ1v) is 53.7. The number of phenols is 1. The van der Waals surface area contributed by atoms with E-state index in [1.807, 2.05) is 38.1 Å². The number of aryl methyl sites for hydroxylation is 2. The van der Waals surface area contributed by atoms with Gasteiger partial charge in [-0.05, 0) is 246 Å². The molecule has 0 spiro atoms. The minimum atomic E-state index is -1.42. The Kier molecular flexibility index (Phi) is 49.2. The van der Waals surface area contributed by atoms with Gasteiger partial charge in [-0.3, -0.25) is 48.5 Å². The smallest absolute Gasteiger partial charge is 0.408 e. The van der Waals surface area contributed by atoms with Crippen LogP contribution in [0.15, 0.2) is 84.2 Å². The summed E-state index contributed by atoms with van der Waals surface area (Å²) < 4.78 is 63.1. The molecule has 7 aliphatic rings. The molecule has 11 amide bonds. The van der Waals surface area contributed by atoms with Crippen LogP contribution in [0.1, 0.15) is 223 Å². The summed E-state index contributed by atoms with van der Waals surface area (Å²) in [4.78, 5) is 151. The standard InChI is InChI=1S/C109H170N14O24/c1-74(2)97(101(132)119-88(26-19-46-110)98(129)116-78-34-28-75(29-35-78)71-146-105(136)120-89(70-124)100(131)117-79-36-30-76-32-38-91-106(3,84(76)68-79)42-20-44-108(91,5)102(133)122-103(134)109(6)45-21-43-107(4)85-69-80(125)37-31-77(85)33-39-92(107)109)121-99(130)87(118-94(127)41-53-138-57-61-142-65-67-144-63-59-140-55-50-115-104(135)147-72-83-81-22-13-10-11-14-23-82(81)83)25-17-18-47-113-95(128)73-145-90-27-16-12-15-24-86(96(90)111)112-49-54-139-58-62-143-66-64-141-60-56-137-52-40-93(126)114-48-51-123(7,8)9/h10-11,28-31,34-37,68-69,74,81-83,87-92,97,112,124H,12-27,32-33,38-67,70-73,110-111H2,1-9H3,(H10-,113,114,115,116,117,118,119,120,121,122,125,126,127,128,129,130,131,132,133,134,135,136)/p+1/b11-10-,96-86-/t81-,82+,83-,87-,88+,89+,90?,91-,92-,97+,106-,107-,108+,109+/m1/s1. The number of aliphatic hydroxyl groups is 1. The van der Waals surface area contributed by atoms with Gasteiger partial charge in [0.25, 0.3) is 0 Å². The van der Waals surface area contributed by atoms with Crippen molar-refractivity contribution in [3.05, 3.63) is 112 Å². The Bertz CT molecular complexity index is 4750. The minimum Gasteiger partial charge on any atom is -0.508 e. The number of phenolic OH excluding ortho intramolecular Hbond substituents is 1. The third-order valence-electron chi connectivity index (χ3n) is 30.4. The average Bonchev–Trinajstić information content (AvgIpc) is 1.30. The van der Waals surface area contributed by atoms with E-state index in [0.717, 1.165) is 123 Å². The number of hydrogen-bond acceptors (Lipinski definition) is 27. The average molecular weight is 2060 g/mol. The first-order chi connectivity index (χ1) is 70.7. The fourth-order valence-corrected chi connectivity index (χ4v) is 22.0. The molecule has 3 aromatic carbocycles. The van der Waals surface area contributed by atoms with Crippen LogP contribution in [0.25, 0.3) is 0 Å². The Morgan fingerprint density at radius 1 is 0.483 bits per heavy atom. The highest BCUT2D eigenvalue weighted by Crippen LogP contribution is 2.60. The van der Waals surface area contributed by atoms with Crippen molar-refractivity contribution in [2.75, 3.05) is 197 Å². The number of likely N-dealkylation sites (N-methyl/N-ethyl adjacent to an activating group) is 1. The van der Waals surface area contributed by atoms with Crippen molar-refractivity contribution < 1.29 is 120 Å². The number of imide groups is 1. The molecule has 0 aliphatic heterocycles. The molecule has 38 heteroatoms. The topological polar surface area (TPSA) is 514 Å². The summed E-state index contributed by atoms with van der Waals surface area (Å²) in [5, 5.41) is 52.7. The monoisotopic (exact) mass is 2060 g/mol. The van der Waals surface area contributed by atoms with Crippen molar-refractivity contribution in [2.45, 2.75) is 256 Å². The van der Waals surface area contributed by atoms with Gasteiger partial charge in [-0.2, -0.15) is 0 Å². The van der Waals surface area contributed by atoms with Crippen molar-refractivity contribution in [3.63, 3.8) is 0 Å². The van der Waals surface area contributed by atoms with Crippen LogP contribution in [0, 0.1) is 46.3 Å². The van der Waals surface area contributed by atoms with Crippen molar-refractivity contribution in [2.24, 2.45) is 57.8 Å². The number of unbranched alkanes of at least 4 members (excludes halogenated alkanes) is 1. The van der Waals surface area contributed by atoms with Crippen LogP contribution >= 0.6 is 0 Å². The van der Waals surface area contributed by atoms with E-state index < -0.39 is 101 Å². The van der Waals surface area contributed by atoms with E-state index in [4.69, 9.17) is 63.6 Å². The fraction of sp³-hybridized carbons (Fsp3) is 0.697. The molecule has 0 bridgehead atoms. The largest absolute Gasteiger partial charge is 0.508 e. The number of hydrogen-bond donors (Lipinski definition) is 15. The highest BCUT2D eigenvalue weighted by atomic mass is 16.6. The van der Waals surface area contributed by atoms with Gasteiger partial charge in [-0.1, -0.05) is 104 Å². The lowest BCUT2D eigenvalue weighted by molar-refractivity contribution is -0.869. The van der Waals surface area contributed by atoms with E-state index in [2.05, 4.69) is 106 Å². The van der Waals surface area contributed by atoms with E-state index in [-0.39, 0.29) is 119 Å². The molecule has 0 heterocycles. The van der Waals surface area contributed by atoms with Gasteiger partial charge in [0.15, 0.2) is 0 Å². The maximum atomic E-state index is 14.9. The summed E-state index contributed by atoms with van der Waals surface area (Å²) in [7, 11) is 6.22. The summed E-state index contributed by atoms with van der Waals surface area (Å²) in [6, 6.07) is 12.7. The summed E-state index contributed by atoms with van der Waals surface area (Å²) >= 11 is 0. The quantitative estimate of drug-likeness (QED) is 0.0109. The van der Waals surface area contributed by atoms with E-state index in [0.29, 0.717) is 204 Å². The van der Waals surface area contributed by atoms with Gasteiger partial charge in [0, 0.05) is 49.5 Å². The van der Waals surface area contributed by atoms with Gasteiger partial charge in [-0.25, -0.2) is 9.59 Å². The number of amides is 11. The molecule has 14 atom stereocenters. The molecule has 3 saturated carbocycles. The van der Waals surface area contributed by atoms with Crippen molar-refractivity contribution in [1.82, 2.24) is 47.9 Å². The number of nitrogens with two attached hydrogens (primary N) is 2. The van der Waals surface area contributed by atoms with Gasteiger partial charge in [0.1, 0.15) is 43.1 Å². The molecular formula is C109H171N14O24+. The molecule has 3 fully saturated rings. The van der Waals surface area contributed by atoms with Gasteiger partial charge >= 0.3 is 12.2 Å². The SMILES string of the molecule is CC(C)[C@H](NC(=O)[C@@H](CCCCNC(=O)COC1CCCCC/C(NCCOCCOCCOCCOCCC(=O)NCC[N+](C)(C)C)=C\1N)NC(=O)CCOCCOCCOCCOCCNC(=O)OC[C@@H]1[C@@H]2CC/C=C\CC[C@@H]21)C(=O)N[C@@H](CCCN)C(=O)Nc1ccc(COC(=O)N[C@@H](CO)C(=O)Nc2ccc3c(c2)[C@@]2(C)CCC[C@](C)(C(=O)NC(=O)[C@@]4(C)CCC[C@]5(C)c6cc(O)ccc6CC[C@@H]45)[C@@H]2CC3)cc1. The molecule has 3 aromatic rings. The molecule has 10 rings (SSSR count). The Balaban J connectivity index is 0.648. The van der Waals surface area contributed by atoms with Crippen LogP contribution in [0.5, 0.6) is 5.75 Å². The molecule has 0 radical (unpaired) electrons. The van der Waals surface area contributed by atoms with Crippen molar-refractivity contribution >= 4 is 76.7 Å². The number of aromatic hydroxyl groups is 1. The fourth-order valence-electron chi connectivity index (χ4n) is 22.0. The van der Waals surface area contributed by atoms with Gasteiger partial charge < -0.3 is 131 Å². The normalized spacial score (nSPS) is 23.5. The zero-order valence-corrected chi connectivity index (χ0v) is 88.5. The number of rotatable bonds is 63. The summed E-state index contributed by atoms with van der Waals surface area (Å²) in [6.07, 6.45) is 20.0. The second-order valence-corrected chi connectivity index (χ2v) is 42.5. The van der Waals surface area contributed by atoms with E-state index in [9.17, 15) is 63.0 Å². The molecule has 0 aromatic heterocycles. The Hall–Kier alpha value is -9.97. The number of carbonyl (C=O) groups is 11. The van der Waals surface area contributed by atoms with Gasteiger partial charge in [0.2, 0.25) is 53.2 Å². The first kappa shape index (κ1) is 119. The highest BCUT2D eigenvalue weighted by Gasteiger charge is 2.59. The second kappa shape index (κ2) is 60.8. The predicted octanol–water partition coefficient (Wildman–Crippen LogP) is 8.62. The maximum Gasteiger partial charge on any atom is 0.408 e. The third-order valence-corrected chi connectivity index (χ3v) is 30.4. The zero-order chi connectivity index (χ0) is 106. The number of anilines is 2. The summed E-state index contributed by atoms with van der Waals surface area (Å²) in [5.41, 5.74) is 17.1. The predicted molar refractivity (Wildman–Crippen MR) is 555 cm³/mol. The third kappa shape index (κ3) is 37.6. The lowest BCUT2D eigenvalue weighted by atomic mass is 9.49. The molecular weight excluding hydrogens is 1890 g/mol. The number of aliphatic hydroxyl groups excluding tert-OH is 1. The number of benzene rings is 3. The Morgan fingerprint density at radius 2 is 1.01 bits per heavy atom. The van der Waals surface area contributed by atoms with Crippen LogP contribution in [-0.4, -0.2) is 296 Å². The lowest BCUT2D eigenvalue weighted by Crippen LogP contribution is -2.60. The van der Waals surface area contributed by atoms with Crippen LogP contribution < -0.4 is 70.0 Å². The van der Waals surface area contributed by atoms with Crippen molar-refractivity contribution in [1.29, 1.82) is 0 Å². The first-order valence-electron chi connectivity index (χ1n) is 53.7. The molecule has 7 aliphatic carbocycles. The number of nitrogens with zero attached hydrogens (tertiary/aromatic N) is 1. The van der Waals surface area contributed by atoms with E-state index in [1.165, 1.54) is 5.56 Å². The molecule has 1 unspecified atom stereocenters. The second-order valence-electron chi connectivity index (χ2n) is 42.5. The Labute approximate surface area is 868 Å². The number of carbonyl (C=O) groups excluding carboxylic acids is 11. The minimum absolute atomic E-state index is 0.00574. The van der Waals surface area contributed by atoms with Crippen LogP contribution in [0.3, 0.4) is 0 Å². The highest BCUT2D eigenvalue weighted by molar-refractivity contribution is 6.02. The molecule has 820 valence electrons. The zero-order valence-electron chi connectivity index (χ0n) is 88.5. The summed E-state index contributed by atoms with van der Waals surface area (Å²) in [6.45, 7) is 18.6. The Morgan fingerprint density at radius 3 is 1.60 bits per heavy atom. The number of ether oxygens (including phenoxy) is 11. The number of fused-ring (bicyclic) bond motifs is 7. The number of quaternary nitrogens is 1. The van der Waals surface area contributed by atoms with Crippen LogP contribution in [0.2, 0.25) is 0 Å². The molecule has 147 heavy (non-hydrogen) atoms.